The highest BCUT2D eigenvalue weighted by atomic mass is 79.9. The van der Waals surface area contributed by atoms with Gasteiger partial charge in [0.05, 0.1) is 11.6 Å². The van der Waals surface area contributed by atoms with Crippen molar-refractivity contribution in [2.75, 3.05) is 13.7 Å². The molecule has 1 N–H and O–H groups in total. The summed E-state index contributed by atoms with van der Waals surface area (Å²) < 4.78 is 12.6. The highest BCUT2D eigenvalue weighted by Gasteiger charge is 2.12. The van der Waals surface area contributed by atoms with E-state index in [9.17, 15) is 0 Å². The number of methoxy groups -OCH3 is 1. The van der Waals surface area contributed by atoms with Crippen LogP contribution in [0.15, 0.2) is 40.9 Å². The molecule has 0 aliphatic rings. The molecule has 4 heteroatoms. The Labute approximate surface area is 179 Å². The van der Waals surface area contributed by atoms with Crippen LogP contribution in [0, 0.1) is 6.92 Å². The number of hydrogen-bond acceptors (Lipinski definition) is 3. The molecule has 0 amide bonds. The van der Waals surface area contributed by atoms with Gasteiger partial charge in [0.15, 0.2) is 11.5 Å². The third-order valence-electron chi connectivity index (χ3n) is 4.79. The molecular formula is C24H34BrNO2. The smallest absolute Gasteiger partial charge is 0.175 e. The molecule has 28 heavy (non-hydrogen) atoms. The number of halogens is 1. The zero-order valence-corrected chi connectivity index (χ0v) is 19.1. The van der Waals surface area contributed by atoms with E-state index in [0.717, 1.165) is 34.6 Å². The standard InChI is InChI=1S/C24H34BrNO2/c1-4-5-6-7-8-9-13-26-17-21-15-22(25)24(23(16-21)27-3)28-18-20-12-10-11-19(2)14-20/h10-12,14-16,26H,4-9,13,17-18H2,1-3H3. The number of rotatable bonds is 13. The van der Waals surface area contributed by atoms with E-state index in [2.05, 4.69) is 71.5 Å². The molecule has 0 aromatic heterocycles. The molecule has 0 spiro atoms. The second kappa shape index (κ2) is 12.8. The molecule has 0 saturated heterocycles. The topological polar surface area (TPSA) is 30.5 Å². The third-order valence-corrected chi connectivity index (χ3v) is 5.38. The van der Waals surface area contributed by atoms with Gasteiger partial charge in [0.25, 0.3) is 0 Å². The lowest BCUT2D eigenvalue weighted by atomic mass is 10.1. The average molecular weight is 448 g/mol. The van der Waals surface area contributed by atoms with Crippen LogP contribution in [0.1, 0.15) is 62.1 Å². The molecule has 0 heterocycles. The lowest BCUT2D eigenvalue weighted by Crippen LogP contribution is -2.14. The van der Waals surface area contributed by atoms with Crippen LogP contribution in [0.2, 0.25) is 0 Å². The Hall–Kier alpha value is -1.52. The molecule has 154 valence electrons. The minimum Gasteiger partial charge on any atom is -0.493 e. The first-order valence-corrected chi connectivity index (χ1v) is 11.2. The van der Waals surface area contributed by atoms with E-state index in [4.69, 9.17) is 9.47 Å². The molecule has 0 atom stereocenters. The second-order valence-corrected chi connectivity index (χ2v) is 8.19. The van der Waals surface area contributed by atoms with Gasteiger partial charge >= 0.3 is 0 Å². The van der Waals surface area contributed by atoms with Crippen LogP contribution in [0.3, 0.4) is 0 Å². The fourth-order valence-corrected chi connectivity index (χ4v) is 3.84. The van der Waals surface area contributed by atoms with Crippen LogP contribution in [0.5, 0.6) is 11.5 Å². The van der Waals surface area contributed by atoms with Crippen molar-refractivity contribution in [3.63, 3.8) is 0 Å². The largest absolute Gasteiger partial charge is 0.493 e. The van der Waals surface area contributed by atoms with Crippen LogP contribution in [-0.2, 0) is 13.2 Å². The normalized spacial score (nSPS) is 10.9. The fraction of sp³-hybridized carbons (Fsp3) is 0.500. The van der Waals surface area contributed by atoms with Gasteiger partial charge in [-0.1, -0.05) is 68.9 Å². The van der Waals surface area contributed by atoms with Crippen LogP contribution in [0.25, 0.3) is 0 Å². The van der Waals surface area contributed by atoms with Crippen LogP contribution >= 0.6 is 15.9 Å². The van der Waals surface area contributed by atoms with E-state index < -0.39 is 0 Å². The van der Waals surface area contributed by atoms with E-state index in [0.29, 0.717) is 6.61 Å². The fourth-order valence-electron chi connectivity index (χ4n) is 3.24. The van der Waals surface area contributed by atoms with Crippen molar-refractivity contribution < 1.29 is 9.47 Å². The first kappa shape index (κ1) is 22.8. The quantitative estimate of drug-likeness (QED) is 0.342. The molecule has 2 aromatic carbocycles. The van der Waals surface area contributed by atoms with E-state index >= 15 is 0 Å². The Bertz CT molecular complexity index is 718. The van der Waals surface area contributed by atoms with E-state index in [-0.39, 0.29) is 0 Å². The van der Waals surface area contributed by atoms with E-state index in [1.165, 1.54) is 49.7 Å². The molecular weight excluding hydrogens is 414 g/mol. The number of benzene rings is 2. The molecule has 0 radical (unpaired) electrons. The summed E-state index contributed by atoms with van der Waals surface area (Å²) in [6.07, 6.45) is 7.93. The predicted octanol–water partition coefficient (Wildman–Crippen LogP) is 6.80. The van der Waals surface area contributed by atoms with E-state index in [1.807, 2.05) is 0 Å². The SMILES string of the molecule is CCCCCCCCNCc1cc(Br)c(OCc2cccc(C)c2)c(OC)c1. The van der Waals surface area contributed by atoms with Gasteiger partial charge < -0.3 is 14.8 Å². The number of hydrogen-bond donors (Lipinski definition) is 1. The minimum atomic E-state index is 0.520. The van der Waals surface area contributed by atoms with Gasteiger partial charge in [0.1, 0.15) is 6.61 Å². The lowest BCUT2D eigenvalue weighted by Gasteiger charge is -2.15. The first-order chi connectivity index (χ1) is 13.6. The summed E-state index contributed by atoms with van der Waals surface area (Å²) in [5, 5.41) is 3.54. The maximum absolute atomic E-state index is 6.05. The lowest BCUT2D eigenvalue weighted by molar-refractivity contribution is 0.282. The first-order valence-electron chi connectivity index (χ1n) is 10.4. The summed E-state index contributed by atoms with van der Waals surface area (Å²) in [7, 11) is 1.69. The molecule has 0 unspecified atom stereocenters. The third kappa shape index (κ3) is 7.84. The molecule has 2 aromatic rings. The minimum absolute atomic E-state index is 0.520. The molecule has 3 nitrogen and oxygen atoms in total. The molecule has 0 aliphatic heterocycles. The Kier molecular flexibility index (Phi) is 10.4. The summed E-state index contributed by atoms with van der Waals surface area (Å²) in [5.41, 5.74) is 3.58. The van der Waals surface area contributed by atoms with Crippen molar-refractivity contribution in [3.05, 3.63) is 57.6 Å². The van der Waals surface area contributed by atoms with E-state index in [1.54, 1.807) is 7.11 Å². The summed E-state index contributed by atoms with van der Waals surface area (Å²) in [5.74, 6) is 1.52. The van der Waals surface area contributed by atoms with Crippen molar-refractivity contribution in [1.82, 2.24) is 5.32 Å². The average Bonchev–Trinajstić information content (AvgIpc) is 2.69. The summed E-state index contributed by atoms with van der Waals surface area (Å²) in [4.78, 5) is 0. The van der Waals surface area contributed by atoms with Crippen LogP contribution < -0.4 is 14.8 Å². The summed E-state index contributed by atoms with van der Waals surface area (Å²) >= 11 is 3.65. The zero-order chi connectivity index (χ0) is 20.2. The van der Waals surface area contributed by atoms with Crippen molar-refractivity contribution in [2.45, 2.75) is 65.5 Å². The highest BCUT2D eigenvalue weighted by Crippen LogP contribution is 2.37. The number of aryl methyl sites for hydroxylation is 1. The van der Waals surface area contributed by atoms with Gasteiger partial charge in [0, 0.05) is 6.54 Å². The van der Waals surface area contributed by atoms with Gasteiger partial charge in [-0.3, -0.25) is 0 Å². The Morgan fingerprint density at radius 1 is 0.964 bits per heavy atom. The van der Waals surface area contributed by atoms with Crippen molar-refractivity contribution >= 4 is 15.9 Å². The van der Waals surface area contributed by atoms with Gasteiger partial charge in [-0.25, -0.2) is 0 Å². The molecule has 0 fully saturated rings. The Balaban J connectivity index is 1.84. The Morgan fingerprint density at radius 3 is 2.50 bits per heavy atom. The van der Waals surface area contributed by atoms with Crippen molar-refractivity contribution in [2.24, 2.45) is 0 Å². The predicted molar refractivity (Wildman–Crippen MR) is 121 cm³/mol. The van der Waals surface area contributed by atoms with Gasteiger partial charge in [-0.15, -0.1) is 0 Å². The summed E-state index contributed by atoms with van der Waals surface area (Å²) in [6.45, 7) is 6.76. The maximum Gasteiger partial charge on any atom is 0.175 e. The zero-order valence-electron chi connectivity index (χ0n) is 17.5. The molecule has 0 saturated carbocycles. The van der Waals surface area contributed by atoms with Crippen molar-refractivity contribution in [3.8, 4) is 11.5 Å². The maximum atomic E-state index is 6.05. The van der Waals surface area contributed by atoms with Gasteiger partial charge in [-0.05, 0) is 59.1 Å². The number of nitrogens with one attached hydrogen (secondary N) is 1. The summed E-state index contributed by atoms with van der Waals surface area (Å²) in [6, 6.07) is 12.5. The molecule has 0 bridgehead atoms. The highest BCUT2D eigenvalue weighted by molar-refractivity contribution is 9.10. The van der Waals surface area contributed by atoms with Gasteiger partial charge in [-0.2, -0.15) is 0 Å². The second-order valence-electron chi connectivity index (χ2n) is 7.33. The van der Waals surface area contributed by atoms with Crippen LogP contribution in [0.4, 0.5) is 0 Å². The number of unbranched alkanes of at least 4 members (excludes halogenated alkanes) is 5. The van der Waals surface area contributed by atoms with Crippen molar-refractivity contribution in [1.29, 1.82) is 0 Å². The molecule has 0 aliphatic carbocycles. The monoisotopic (exact) mass is 447 g/mol. The van der Waals surface area contributed by atoms with Gasteiger partial charge in [0.2, 0.25) is 0 Å². The number of ether oxygens (including phenoxy) is 2. The van der Waals surface area contributed by atoms with Crippen LogP contribution in [-0.4, -0.2) is 13.7 Å². The molecule has 2 rings (SSSR count). The Morgan fingerprint density at radius 2 is 1.75 bits per heavy atom.